The van der Waals surface area contributed by atoms with Gasteiger partial charge in [0.15, 0.2) is 0 Å². The largest absolute Gasteiger partial charge is 0.316 e. The van der Waals surface area contributed by atoms with Crippen molar-refractivity contribution >= 4 is 5.91 Å². The van der Waals surface area contributed by atoms with Crippen molar-refractivity contribution in [2.24, 2.45) is 0 Å². The van der Waals surface area contributed by atoms with Crippen molar-refractivity contribution in [3.63, 3.8) is 0 Å². The third kappa shape index (κ3) is 9.23. The number of hydrogen-bond acceptors (Lipinski definition) is 1. The summed E-state index contributed by atoms with van der Waals surface area (Å²) < 4.78 is 0. The smallest absolute Gasteiger partial charge is 0.250 e. The highest BCUT2D eigenvalue weighted by atomic mass is 16.2. The lowest BCUT2D eigenvalue weighted by Gasteiger charge is -2.09. The van der Waals surface area contributed by atoms with Gasteiger partial charge in [-0.15, -0.1) is 5.92 Å². The van der Waals surface area contributed by atoms with Gasteiger partial charge in [0.25, 0.3) is 0 Å². The van der Waals surface area contributed by atoms with Gasteiger partial charge in [0.05, 0.1) is 0 Å². The molecule has 0 aromatic rings. The van der Waals surface area contributed by atoms with Crippen LogP contribution in [-0.4, -0.2) is 17.4 Å². The summed E-state index contributed by atoms with van der Waals surface area (Å²) in [6, 6.07) is 0. The molecule has 0 radical (unpaired) electrons. The Hall–Kier alpha value is -1.75. The van der Waals surface area contributed by atoms with Gasteiger partial charge >= 0.3 is 0 Å². The average molecular weight is 299 g/mol. The van der Waals surface area contributed by atoms with Crippen LogP contribution in [0.15, 0.2) is 36.6 Å². The van der Waals surface area contributed by atoms with Crippen molar-refractivity contribution in [1.82, 2.24) is 4.90 Å². The number of amides is 1. The van der Waals surface area contributed by atoms with Crippen molar-refractivity contribution < 1.29 is 4.79 Å². The van der Waals surface area contributed by atoms with Gasteiger partial charge in [-0.2, -0.15) is 0 Å². The molecule has 0 N–H and O–H groups in total. The van der Waals surface area contributed by atoms with E-state index in [0.29, 0.717) is 0 Å². The maximum Gasteiger partial charge on any atom is 0.250 e. The fourth-order valence-corrected chi connectivity index (χ4v) is 2.19. The highest BCUT2D eigenvalue weighted by molar-refractivity contribution is 5.88. The van der Waals surface area contributed by atoms with Gasteiger partial charge in [0.1, 0.15) is 0 Å². The molecule has 0 fully saturated rings. The van der Waals surface area contributed by atoms with Crippen LogP contribution in [0.3, 0.4) is 0 Å². The maximum absolute atomic E-state index is 11.7. The summed E-state index contributed by atoms with van der Waals surface area (Å²) in [5.41, 5.74) is 0. The van der Waals surface area contributed by atoms with Crippen LogP contribution in [-0.2, 0) is 4.79 Å². The first-order chi connectivity index (χ1) is 10.8. The van der Waals surface area contributed by atoms with E-state index < -0.39 is 0 Å². The quantitative estimate of drug-likeness (QED) is 0.254. The van der Waals surface area contributed by atoms with Crippen LogP contribution in [0.2, 0.25) is 0 Å². The minimum absolute atomic E-state index is 0.0997. The number of unbranched alkanes of at least 4 members (excludes halogenated alkanes) is 5. The summed E-state index contributed by atoms with van der Waals surface area (Å²) in [4.78, 5) is 13.5. The van der Waals surface area contributed by atoms with Crippen LogP contribution in [0.1, 0.15) is 64.7 Å². The molecule has 22 heavy (non-hydrogen) atoms. The number of carbonyl (C=O) groups excluding carboxylic acids is 1. The molecule has 1 amide bonds. The Morgan fingerprint density at radius 3 is 2.77 bits per heavy atom. The molecule has 1 aliphatic rings. The Bertz CT molecular complexity index is 448. The van der Waals surface area contributed by atoms with Gasteiger partial charge in [-0.05, 0) is 38.2 Å². The van der Waals surface area contributed by atoms with Gasteiger partial charge in [0, 0.05) is 25.6 Å². The molecular formula is C20H29NO. The number of nitrogens with zero attached hydrogens (tertiary/aromatic N) is 1. The van der Waals surface area contributed by atoms with Crippen LogP contribution in [0.4, 0.5) is 0 Å². The first-order valence-corrected chi connectivity index (χ1v) is 8.59. The molecule has 2 heteroatoms. The molecule has 0 aliphatic carbocycles. The zero-order valence-electron chi connectivity index (χ0n) is 13.9. The summed E-state index contributed by atoms with van der Waals surface area (Å²) in [5, 5.41) is 0. The van der Waals surface area contributed by atoms with Crippen LogP contribution in [0, 0.1) is 11.8 Å². The second kappa shape index (κ2) is 13.0. The molecular weight excluding hydrogens is 270 g/mol. The Morgan fingerprint density at radius 2 is 2.00 bits per heavy atom. The Labute approximate surface area is 136 Å². The third-order valence-corrected chi connectivity index (χ3v) is 3.52. The molecule has 1 aliphatic heterocycles. The zero-order valence-corrected chi connectivity index (χ0v) is 13.9. The van der Waals surface area contributed by atoms with Crippen molar-refractivity contribution in [2.75, 3.05) is 6.54 Å². The summed E-state index contributed by atoms with van der Waals surface area (Å²) in [6.07, 6.45) is 21.7. The molecule has 1 heterocycles. The molecule has 0 atom stereocenters. The highest BCUT2D eigenvalue weighted by Gasteiger charge is 2.09. The van der Waals surface area contributed by atoms with Gasteiger partial charge < -0.3 is 4.90 Å². The molecule has 0 spiro atoms. The molecule has 2 nitrogen and oxygen atoms in total. The van der Waals surface area contributed by atoms with E-state index in [1.165, 1.54) is 19.3 Å². The first-order valence-electron chi connectivity index (χ1n) is 8.59. The van der Waals surface area contributed by atoms with Gasteiger partial charge in [0.2, 0.25) is 5.91 Å². The second-order valence-electron chi connectivity index (χ2n) is 5.52. The van der Waals surface area contributed by atoms with Crippen molar-refractivity contribution in [1.29, 1.82) is 0 Å². The number of carbonyl (C=O) groups is 1. The lowest BCUT2D eigenvalue weighted by atomic mass is 10.2. The molecule has 120 valence electrons. The molecule has 0 aromatic heterocycles. The fourth-order valence-electron chi connectivity index (χ4n) is 2.19. The van der Waals surface area contributed by atoms with E-state index in [1.807, 2.05) is 18.4 Å². The summed E-state index contributed by atoms with van der Waals surface area (Å²) in [5.74, 6) is 6.50. The molecule has 0 saturated heterocycles. The second-order valence-corrected chi connectivity index (χ2v) is 5.52. The van der Waals surface area contributed by atoms with E-state index in [0.717, 1.165) is 45.1 Å². The van der Waals surface area contributed by atoms with Crippen molar-refractivity contribution in [3.05, 3.63) is 36.6 Å². The standard InChI is InChI=1S/C20H29NO/c1-2-3-4-5-6-7-8-9-10-11-12-13-14-17-20(22)21-18-15-16-19-21/h9-10,14-15,17-18H,2-5,8,11-13,16,19H2,1H3. The minimum Gasteiger partial charge on any atom is -0.316 e. The van der Waals surface area contributed by atoms with Gasteiger partial charge in [-0.3, -0.25) is 4.79 Å². The van der Waals surface area contributed by atoms with Gasteiger partial charge in [-0.1, -0.05) is 50.0 Å². The van der Waals surface area contributed by atoms with E-state index in [2.05, 4.69) is 30.9 Å². The summed E-state index contributed by atoms with van der Waals surface area (Å²) in [6.45, 7) is 3.04. The maximum atomic E-state index is 11.7. The van der Waals surface area contributed by atoms with E-state index in [4.69, 9.17) is 0 Å². The van der Waals surface area contributed by atoms with Crippen molar-refractivity contribution in [2.45, 2.75) is 64.7 Å². The highest BCUT2D eigenvalue weighted by Crippen LogP contribution is 2.05. The molecule has 0 bridgehead atoms. The summed E-state index contributed by atoms with van der Waals surface area (Å²) >= 11 is 0. The predicted octanol–water partition coefficient (Wildman–Crippen LogP) is 4.99. The van der Waals surface area contributed by atoms with E-state index in [9.17, 15) is 4.79 Å². The Balaban J connectivity index is 1.97. The molecule has 0 unspecified atom stereocenters. The lowest BCUT2D eigenvalue weighted by Crippen LogP contribution is -2.21. The first kappa shape index (κ1) is 18.3. The SMILES string of the molecule is CCCCCC#CCC=CCCCC=CC(=O)N1C=CCC1. The number of allylic oxidation sites excluding steroid dienone is 3. The monoisotopic (exact) mass is 299 g/mol. The normalized spacial score (nSPS) is 14.0. The topological polar surface area (TPSA) is 20.3 Å². The molecule has 0 aromatic carbocycles. The fraction of sp³-hybridized carbons (Fsp3) is 0.550. The van der Waals surface area contributed by atoms with E-state index in [-0.39, 0.29) is 5.91 Å². The lowest BCUT2D eigenvalue weighted by molar-refractivity contribution is -0.123. The average Bonchev–Trinajstić information content (AvgIpc) is 3.06. The Morgan fingerprint density at radius 1 is 1.14 bits per heavy atom. The third-order valence-electron chi connectivity index (χ3n) is 3.52. The van der Waals surface area contributed by atoms with Crippen LogP contribution < -0.4 is 0 Å². The van der Waals surface area contributed by atoms with Crippen LogP contribution in [0.25, 0.3) is 0 Å². The number of hydrogen-bond donors (Lipinski definition) is 0. The predicted molar refractivity (Wildman–Crippen MR) is 94.1 cm³/mol. The minimum atomic E-state index is 0.0997. The van der Waals surface area contributed by atoms with Crippen molar-refractivity contribution in [3.8, 4) is 11.8 Å². The number of rotatable bonds is 9. The van der Waals surface area contributed by atoms with Crippen LogP contribution in [0.5, 0.6) is 0 Å². The molecule has 0 saturated carbocycles. The van der Waals surface area contributed by atoms with E-state index >= 15 is 0 Å². The van der Waals surface area contributed by atoms with E-state index in [1.54, 1.807) is 11.0 Å². The van der Waals surface area contributed by atoms with Gasteiger partial charge in [-0.25, -0.2) is 0 Å². The summed E-state index contributed by atoms with van der Waals surface area (Å²) in [7, 11) is 0. The van der Waals surface area contributed by atoms with Crippen LogP contribution >= 0.6 is 0 Å². The Kier molecular flexibility index (Phi) is 10.8. The zero-order chi connectivity index (χ0) is 15.9. The molecule has 1 rings (SSSR count).